The Morgan fingerprint density at radius 1 is 1.14 bits per heavy atom. The van der Waals surface area contributed by atoms with Crippen molar-refractivity contribution >= 4 is 21.7 Å². The minimum Gasteiger partial charge on any atom is -0.460 e. The number of halogens is 1. The van der Waals surface area contributed by atoms with Crippen molar-refractivity contribution in [1.29, 1.82) is 0 Å². The molecule has 0 N–H and O–H groups in total. The van der Waals surface area contributed by atoms with Crippen LogP contribution in [0.15, 0.2) is 53.4 Å². The summed E-state index contributed by atoms with van der Waals surface area (Å²) in [5.41, 5.74) is 0.150. The van der Waals surface area contributed by atoms with Gasteiger partial charge in [-0.2, -0.15) is 4.31 Å². The van der Waals surface area contributed by atoms with Crippen LogP contribution in [0, 0.1) is 21.8 Å². The van der Waals surface area contributed by atoms with Crippen molar-refractivity contribution in [3.63, 3.8) is 0 Å². The molecule has 10 heteroatoms. The second kappa shape index (κ2) is 8.66. The van der Waals surface area contributed by atoms with Crippen LogP contribution in [-0.4, -0.2) is 36.7 Å². The van der Waals surface area contributed by atoms with Crippen molar-refractivity contribution in [3.8, 4) is 0 Å². The van der Waals surface area contributed by atoms with Gasteiger partial charge in [-0.15, -0.1) is 0 Å². The highest BCUT2D eigenvalue weighted by molar-refractivity contribution is 7.89. The molecule has 0 atom stereocenters. The topological polar surface area (TPSA) is 107 Å². The molecule has 0 amide bonds. The molecular formula is C19H19FN2O6S. The van der Waals surface area contributed by atoms with Gasteiger partial charge in [0.25, 0.3) is 5.69 Å². The first-order valence-corrected chi connectivity index (χ1v) is 10.4. The number of benzene rings is 2. The van der Waals surface area contributed by atoms with E-state index < -0.39 is 37.5 Å². The van der Waals surface area contributed by atoms with Gasteiger partial charge in [0.2, 0.25) is 10.0 Å². The molecule has 0 unspecified atom stereocenters. The molecule has 0 saturated carbocycles. The summed E-state index contributed by atoms with van der Waals surface area (Å²) in [5, 5.41) is 11.0. The second-order valence-corrected chi connectivity index (χ2v) is 8.51. The molecule has 2 aromatic rings. The number of sulfonamides is 1. The number of carbonyl (C=O) groups is 1. The molecule has 3 rings (SSSR count). The van der Waals surface area contributed by atoms with Crippen molar-refractivity contribution in [2.45, 2.75) is 24.3 Å². The predicted molar refractivity (Wildman–Crippen MR) is 101 cm³/mol. The molecule has 1 aliphatic rings. The van der Waals surface area contributed by atoms with E-state index in [1.54, 1.807) is 6.07 Å². The van der Waals surface area contributed by atoms with Gasteiger partial charge >= 0.3 is 5.97 Å². The maximum atomic E-state index is 13.9. The summed E-state index contributed by atoms with van der Waals surface area (Å²) in [5.74, 6) is -1.88. The van der Waals surface area contributed by atoms with Gasteiger partial charge in [-0.1, -0.05) is 24.3 Å². The number of nitro benzene ring substituents is 1. The van der Waals surface area contributed by atoms with Crippen molar-refractivity contribution in [2.24, 2.45) is 5.92 Å². The molecule has 154 valence electrons. The highest BCUT2D eigenvalue weighted by Crippen LogP contribution is 2.26. The standard InChI is InChI=1S/C19H19FN2O6S/c20-16-6-2-4-8-18(16)29(26,27)21-11-9-14(10-12-21)19(23)28-13-15-5-1-3-7-17(15)22(24)25/h1-8,14H,9-13H2. The van der Waals surface area contributed by atoms with Gasteiger partial charge in [-0.25, -0.2) is 12.8 Å². The Morgan fingerprint density at radius 3 is 2.41 bits per heavy atom. The Kier molecular flexibility index (Phi) is 6.23. The van der Waals surface area contributed by atoms with Crippen LogP contribution in [-0.2, 0) is 26.2 Å². The van der Waals surface area contributed by atoms with Crippen LogP contribution in [0.25, 0.3) is 0 Å². The van der Waals surface area contributed by atoms with E-state index >= 15 is 0 Å². The summed E-state index contributed by atoms with van der Waals surface area (Å²) in [6.45, 7) is -0.117. The molecule has 0 radical (unpaired) electrons. The number of carbonyl (C=O) groups excluding carboxylic acids is 1. The summed E-state index contributed by atoms with van der Waals surface area (Å²) in [4.78, 5) is 22.4. The zero-order chi connectivity index (χ0) is 21.0. The molecule has 29 heavy (non-hydrogen) atoms. The highest BCUT2D eigenvalue weighted by Gasteiger charge is 2.34. The zero-order valence-electron chi connectivity index (χ0n) is 15.4. The Labute approximate surface area is 167 Å². The number of esters is 1. The van der Waals surface area contributed by atoms with E-state index in [4.69, 9.17) is 4.74 Å². The van der Waals surface area contributed by atoms with Crippen LogP contribution < -0.4 is 0 Å². The van der Waals surface area contributed by atoms with E-state index in [1.807, 2.05) is 0 Å². The number of ether oxygens (including phenoxy) is 1. The lowest BCUT2D eigenvalue weighted by atomic mass is 9.98. The molecular weight excluding hydrogens is 403 g/mol. The molecule has 1 heterocycles. The molecule has 0 bridgehead atoms. The Morgan fingerprint density at radius 2 is 1.76 bits per heavy atom. The van der Waals surface area contributed by atoms with E-state index in [0.29, 0.717) is 0 Å². The lowest BCUT2D eigenvalue weighted by Crippen LogP contribution is -2.40. The molecule has 2 aromatic carbocycles. The maximum Gasteiger partial charge on any atom is 0.309 e. The summed E-state index contributed by atoms with van der Waals surface area (Å²) >= 11 is 0. The van der Waals surface area contributed by atoms with Crippen LogP contribution >= 0.6 is 0 Å². The number of nitrogens with zero attached hydrogens (tertiary/aromatic N) is 2. The first kappa shape index (κ1) is 20.9. The minimum absolute atomic E-state index is 0.0575. The average molecular weight is 422 g/mol. The van der Waals surface area contributed by atoms with E-state index in [2.05, 4.69) is 0 Å². The normalized spacial score (nSPS) is 15.8. The van der Waals surface area contributed by atoms with Crippen LogP contribution in [0.2, 0.25) is 0 Å². The van der Waals surface area contributed by atoms with E-state index in [9.17, 15) is 27.7 Å². The molecule has 8 nitrogen and oxygen atoms in total. The van der Waals surface area contributed by atoms with Crippen molar-refractivity contribution in [1.82, 2.24) is 4.31 Å². The van der Waals surface area contributed by atoms with E-state index in [-0.39, 0.29) is 43.8 Å². The van der Waals surface area contributed by atoms with Crippen molar-refractivity contribution in [3.05, 3.63) is 70.0 Å². The fourth-order valence-electron chi connectivity index (χ4n) is 3.20. The lowest BCUT2D eigenvalue weighted by molar-refractivity contribution is -0.385. The average Bonchev–Trinajstić information content (AvgIpc) is 2.72. The highest BCUT2D eigenvalue weighted by atomic mass is 32.2. The lowest BCUT2D eigenvalue weighted by Gasteiger charge is -2.30. The third-order valence-corrected chi connectivity index (χ3v) is 6.73. The Balaban J connectivity index is 1.59. The number of piperidine rings is 1. The summed E-state index contributed by atoms with van der Waals surface area (Å²) in [6, 6.07) is 11.1. The first-order valence-electron chi connectivity index (χ1n) is 8.94. The number of para-hydroxylation sites is 1. The fraction of sp³-hybridized carbons (Fsp3) is 0.316. The molecule has 0 aromatic heterocycles. The number of rotatable bonds is 6. The number of hydrogen-bond donors (Lipinski definition) is 0. The largest absolute Gasteiger partial charge is 0.460 e. The quantitative estimate of drug-likeness (QED) is 0.403. The van der Waals surface area contributed by atoms with Gasteiger partial charge < -0.3 is 4.74 Å². The number of nitro groups is 1. The van der Waals surface area contributed by atoms with Crippen molar-refractivity contribution < 1.29 is 27.3 Å². The van der Waals surface area contributed by atoms with Crippen LogP contribution in [0.5, 0.6) is 0 Å². The zero-order valence-corrected chi connectivity index (χ0v) is 16.2. The third-order valence-electron chi connectivity index (χ3n) is 4.80. The number of hydrogen-bond acceptors (Lipinski definition) is 6. The van der Waals surface area contributed by atoms with E-state index in [1.165, 1.54) is 36.4 Å². The second-order valence-electron chi connectivity index (χ2n) is 6.60. The summed E-state index contributed by atoms with van der Waals surface area (Å²) < 4.78 is 45.4. The molecule has 1 saturated heterocycles. The van der Waals surface area contributed by atoms with Gasteiger partial charge in [0, 0.05) is 19.2 Å². The fourth-order valence-corrected chi connectivity index (χ4v) is 4.74. The van der Waals surface area contributed by atoms with E-state index in [0.717, 1.165) is 10.4 Å². The molecule has 0 spiro atoms. The maximum absolute atomic E-state index is 13.9. The van der Waals surface area contributed by atoms with Gasteiger partial charge in [-0.05, 0) is 31.0 Å². The van der Waals surface area contributed by atoms with Crippen LogP contribution in [0.1, 0.15) is 18.4 Å². The molecule has 1 aliphatic heterocycles. The molecule has 1 fully saturated rings. The van der Waals surface area contributed by atoms with Gasteiger partial charge in [0.1, 0.15) is 17.3 Å². The monoisotopic (exact) mass is 422 g/mol. The SMILES string of the molecule is O=C(OCc1ccccc1[N+](=O)[O-])C1CCN(S(=O)(=O)c2ccccc2F)CC1. The van der Waals surface area contributed by atoms with Crippen molar-refractivity contribution in [2.75, 3.05) is 13.1 Å². The Hall–Kier alpha value is -2.85. The summed E-state index contributed by atoms with van der Waals surface area (Å²) in [6.07, 6.45) is 0.451. The minimum atomic E-state index is -3.98. The van der Waals surface area contributed by atoms with Gasteiger partial charge in [-0.3, -0.25) is 14.9 Å². The molecule has 0 aliphatic carbocycles. The summed E-state index contributed by atoms with van der Waals surface area (Å²) in [7, 11) is -3.98. The van der Waals surface area contributed by atoms with Crippen LogP contribution in [0.4, 0.5) is 10.1 Å². The smallest absolute Gasteiger partial charge is 0.309 e. The predicted octanol–water partition coefficient (Wildman–Crippen LogP) is 2.88. The van der Waals surface area contributed by atoms with Crippen LogP contribution in [0.3, 0.4) is 0 Å². The Bertz CT molecular complexity index is 1020. The van der Waals surface area contributed by atoms with Gasteiger partial charge in [0.05, 0.1) is 16.4 Å². The third kappa shape index (κ3) is 4.60. The first-order chi connectivity index (χ1) is 13.8. The van der Waals surface area contributed by atoms with Gasteiger partial charge in [0.15, 0.2) is 0 Å².